The van der Waals surface area contributed by atoms with Crippen LogP contribution in [-0.4, -0.2) is 6.29 Å². The molecular weight excluding hydrogens is 196 g/mol. The first-order valence-corrected chi connectivity index (χ1v) is 5.79. The molecule has 0 radical (unpaired) electrons. The molecule has 1 nitrogen and oxygen atoms in total. The van der Waals surface area contributed by atoms with Gasteiger partial charge in [0, 0.05) is 5.56 Å². The van der Waals surface area contributed by atoms with Crippen LogP contribution in [0.15, 0.2) is 30.3 Å². The maximum Gasteiger partial charge on any atom is 0.150 e. The monoisotopic (exact) mass is 212 g/mol. The van der Waals surface area contributed by atoms with Crippen molar-refractivity contribution < 1.29 is 4.79 Å². The van der Waals surface area contributed by atoms with Crippen molar-refractivity contribution in [3.8, 4) is 0 Å². The number of aldehydes is 1. The third kappa shape index (κ3) is 1.73. The number of carbonyl (C=O) groups is 1. The molecule has 0 amide bonds. The van der Waals surface area contributed by atoms with Crippen LogP contribution in [-0.2, 0) is 12.8 Å². The maximum atomic E-state index is 10.9. The van der Waals surface area contributed by atoms with Crippen molar-refractivity contribution in [2.24, 2.45) is 0 Å². The number of carbonyl (C=O) groups excluding carboxylic acids is 1. The zero-order chi connectivity index (χ0) is 11.5. The number of rotatable bonds is 3. The summed E-state index contributed by atoms with van der Waals surface area (Å²) in [5.74, 6) is 0. The van der Waals surface area contributed by atoms with Crippen LogP contribution >= 0.6 is 0 Å². The van der Waals surface area contributed by atoms with E-state index in [1.807, 2.05) is 12.1 Å². The summed E-state index contributed by atoms with van der Waals surface area (Å²) in [5.41, 5.74) is 3.36. The highest BCUT2D eigenvalue weighted by Gasteiger charge is 2.05. The summed E-state index contributed by atoms with van der Waals surface area (Å²) in [7, 11) is 0. The molecule has 0 bridgehead atoms. The molecule has 0 aliphatic rings. The molecule has 16 heavy (non-hydrogen) atoms. The molecule has 0 heterocycles. The van der Waals surface area contributed by atoms with Gasteiger partial charge in [0.25, 0.3) is 0 Å². The van der Waals surface area contributed by atoms with Gasteiger partial charge in [0.2, 0.25) is 0 Å². The molecule has 0 fully saturated rings. The molecule has 0 atom stereocenters. The van der Waals surface area contributed by atoms with E-state index in [0.29, 0.717) is 0 Å². The zero-order valence-corrected chi connectivity index (χ0v) is 9.79. The Morgan fingerprint density at radius 1 is 1.00 bits per heavy atom. The number of aryl methyl sites for hydroxylation is 2. The maximum absolute atomic E-state index is 10.9. The first-order valence-electron chi connectivity index (χ1n) is 5.79. The number of hydrogen-bond donors (Lipinski definition) is 0. The predicted octanol–water partition coefficient (Wildman–Crippen LogP) is 3.78. The molecule has 82 valence electrons. The third-order valence-electron chi connectivity index (χ3n) is 3.09. The molecule has 0 saturated heterocycles. The lowest BCUT2D eigenvalue weighted by Gasteiger charge is -2.09. The first-order chi connectivity index (χ1) is 7.80. The highest BCUT2D eigenvalue weighted by molar-refractivity contribution is 5.93. The lowest BCUT2D eigenvalue weighted by molar-refractivity contribution is 0.112. The lowest BCUT2D eigenvalue weighted by atomic mass is 9.95. The molecule has 1 heteroatoms. The van der Waals surface area contributed by atoms with Crippen LogP contribution in [0.2, 0.25) is 0 Å². The Hall–Kier alpha value is -1.63. The normalized spacial score (nSPS) is 10.6. The molecule has 0 spiro atoms. The summed E-state index contributed by atoms with van der Waals surface area (Å²) in [5, 5.41) is 2.51. The predicted molar refractivity (Wildman–Crippen MR) is 68.1 cm³/mol. The second-order valence-electron chi connectivity index (χ2n) is 4.02. The topological polar surface area (TPSA) is 17.1 Å². The summed E-state index contributed by atoms with van der Waals surface area (Å²) in [4.78, 5) is 10.9. The van der Waals surface area contributed by atoms with E-state index in [1.54, 1.807) is 0 Å². The Balaban J connectivity index is 2.83. The fraction of sp³-hybridized carbons (Fsp3) is 0.267. The number of hydrogen-bond acceptors (Lipinski definition) is 1. The standard InChI is InChI=1S/C15H16O/c1-3-12-6-5-7-14-13(4-2)8-11(10-16)9-15(12)14/h5-10H,3-4H2,1-2H3. The molecule has 0 N–H and O–H groups in total. The Bertz CT molecular complexity index is 526. The number of fused-ring (bicyclic) bond motifs is 1. The van der Waals surface area contributed by atoms with Crippen molar-refractivity contribution in [3.63, 3.8) is 0 Å². The van der Waals surface area contributed by atoms with E-state index >= 15 is 0 Å². The molecule has 0 aromatic heterocycles. The van der Waals surface area contributed by atoms with Crippen LogP contribution in [0.1, 0.15) is 35.3 Å². The van der Waals surface area contributed by atoms with E-state index < -0.39 is 0 Å². The van der Waals surface area contributed by atoms with Crippen LogP contribution in [0.5, 0.6) is 0 Å². The largest absolute Gasteiger partial charge is 0.298 e. The summed E-state index contributed by atoms with van der Waals surface area (Å²) >= 11 is 0. The Morgan fingerprint density at radius 3 is 2.38 bits per heavy atom. The van der Waals surface area contributed by atoms with Gasteiger partial charge in [0.1, 0.15) is 6.29 Å². The van der Waals surface area contributed by atoms with Gasteiger partial charge < -0.3 is 0 Å². The highest BCUT2D eigenvalue weighted by atomic mass is 16.1. The second kappa shape index (κ2) is 4.48. The van der Waals surface area contributed by atoms with Gasteiger partial charge >= 0.3 is 0 Å². The molecule has 0 saturated carbocycles. The van der Waals surface area contributed by atoms with E-state index in [9.17, 15) is 4.79 Å². The molecular formula is C15H16O. The van der Waals surface area contributed by atoms with Crippen LogP contribution in [0.25, 0.3) is 10.8 Å². The fourth-order valence-corrected chi connectivity index (χ4v) is 2.22. The molecule has 0 aliphatic heterocycles. The van der Waals surface area contributed by atoms with Gasteiger partial charge in [-0.25, -0.2) is 0 Å². The minimum Gasteiger partial charge on any atom is -0.298 e. The fourth-order valence-electron chi connectivity index (χ4n) is 2.22. The van der Waals surface area contributed by atoms with Gasteiger partial charge in [-0.05, 0) is 46.9 Å². The smallest absolute Gasteiger partial charge is 0.150 e. The van der Waals surface area contributed by atoms with Gasteiger partial charge in [-0.1, -0.05) is 32.0 Å². The Kier molecular flexibility index (Phi) is 3.04. The SMILES string of the molecule is CCc1cc(C=O)cc2c(CC)cccc12. The highest BCUT2D eigenvalue weighted by Crippen LogP contribution is 2.24. The summed E-state index contributed by atoms with van der Waals surface area (Å²) in [6, 6.07) is 10.4. The molecule has 2 rings (SSSR count). The molecule has 0 unspecified atom stereocenters. The van der Waals surface area contributed by atoms with Crippen LogP contribution in [0.4, 0.5) is 0 Å². The van der Waals surface area contributed by atoms with E-state index in [-0.39, 0.29) is 0 Å². The quantitative estimate of drug-likeness (QED) is 0.708. The van der Waals surface area contributed by atoms with E-state index in [2.05, 4.69) is 32.0 Å². The van der Waals surface area contributed by atoms with E-state index in [4.69, 9.17) is 0 Å². The van der Waals surface area contributed by atoms with Crippen molar-refractivity contribution in [1.29, 1.82) is 0 Å². The van der Waals surface area contributed by atoms with E-state index in [0.717, 1.165) is 24.7 Å². The van der Waals surface area contributed by atoms with Gasteiger partial charge in [-0.3, -0.25) is 4.79 Å². The van der Waals surface area contributed by atoms with Crippen molar-refractivity contribution in [2.75, 3.05) is 0 Å². The Morgan fingerprint density at radius 2 is 1.75 bits per heavy atom. The average Bonchev–Trinajstić information content (AvgIpc) is 2.36. The van der Waals surface area contributed by atoms with Crippen molar-refractivity contribution in [2.45, 2.75) is 26.7 Å². The zero-order valence-electron chi connectivity index (χ0n) is 9.79. The van der Waals surface area contributed by atoms with Gasteiger partial charge in [-0.15, -0.1) is 0 Å². The number of benzene rings is 2. The summed E-state index contributed by atoms with van der Waals surface area (Å²) in [6.45, 7) is 4.27. The van der Waals surface area contributed by atoms with E-state index in [1.165, 1.54) is 21.9 Å². The van der Waals surface area contributed by atoms with Gasteiger partial charge in [0.05, 0.1) is 0 Å². The van der Waals surface area contributed by atoms with Crippen LogP contribution in [0.3, 0.4) is 0 Å². The molecule has 2 aromatic carbocycles. The van der Waals surface area contributed by atoms with Gasteiger partial charge in [-0.2, -0.15) is 0 Å². The third-order valence-corrected chi connectivity index (χ3v) is 3.09. The summed E-state index contributed by atoms with van der Waals surface area (Å²) in [6.07, 6.45) is 2.90. The summed E-state index contributed by atoms with van der Waals surface area (Å²) < 4.78 is 0. The van der Waals surface area contributed by atoms with Crippen molar-refractivity contribution >= 4 is 17.1 Å². The van der Waals surface area contributed by atoms with Crippen molar-refractivity contribution in [1.82, 2.24) is 0 Å². The van der Waals surface area contributed by atoms with Crippen molar-refractivity contribution in [3.05, 3.63) is 47.0 Å². The molecule has 2 aromatic rings. The first kappa shape index (κ1) is 10.9. The van der Waals surface area contributed by atoms with Crippen LogP contribution in [0, 0.1) is 0 Å². The second-order valence-corrected chi connectivity index (χ2v) is 4.02. The minimum absolute atomic E-state index is 0.783. The minimum atomic E-state index is 0.783. The average molecular weight is 212 g/mol. The van der Waals surface area contributed by atoms with Crippen LogP contribution < -0.4 is 0 Å². The Labute approximate surface area is 96.1 Å². The lowest BCUT2D eigenvalue weighted by Crippen LogP contribution is -1.92. The molecule has 0 aliphatic carbocycles. The van der Waals surface area contributed by atoms with Gasteiger partial charge in [0.15, 0.2) is 0 Å².